The molecule has 0 bridgehead atoms. The Morgan fingerprint density at radius 2 is 1.13 bits per heavy atom. The van der Waals surface area contributed by atoms with E-state index in [0.717, 1.165) is 13.1 Å². The summed E-state index contributed by atoms with van der Waals surface area (Å²) in [5.74, 6) is -0.0889. The van der Waals surface area contributed by atoms with Crippen LogP contribution in [-0.4, -0.2) is 89.6 Å². The van der Waals surface area contributed by atoms with Crippen LogP contribution in [0.4, 0.5) is 0 Å². The minimum absolute atomic E-state index is 0.0399. The number of carbonyl (C=O) groups is 2. The quantitative estimate of drug-likeness (QED) is 0.383. The molecule has 0 aromatic heterocycles. The van der Waals surface area contributed by atoms with Crippen LogP contribution in [0.2, 0.25) is 0 Å². The van der Waals surface area contributed by atoms with Crippen molar-refractivity contribution in [3.63, 3.8) is 0 Å². The van der Waals surface area contributed by atoms with E-state index in [2.05, 4.69) is 15.5 Å². The molecule has 23 heavy (non-hydrogen) atoms. The van der Waals surface area contributed by atoms with E-state index in [1.54, 1.807) is 0 Å². The summed E-state index contributed by atoms with van der Waals surface area (Å²) < 4.78 is 16.2. The van der Waals surface area contributed by atoms with Crippen molar-refractivity contribution >= 4 is 11.8 Å². The number of ether oxygens (including phenoxy) is 3. The first-order chi connectivity index (χ1) is 11.0. The van der Waals surface area contributed by atoms with Gasteiger partial charge in [-0.05, 0) is 7.05 Å². The summed E-state index contributed by atoms with van der Waals surface area (Å²) in [6.45, 7) is 9.03. The molecule has 8 heteroatoms. The second-order valence-corrected chi connectivity index (χ2v) is 5.11. The fourth-order valence-corrected chi connectivity index (χ4v) is 1.58. The van der Waals surface area contributed by atoms with Crippen LogP contribution in [0.3, 0.4) is 0 Å². The lowest BCUT2D eigenvalue weighted by Crippen LogP contribution is -2.29. The van der Waals surface area contributed by atoms with E-state index < -0.39 is 0 Å². The maximum Gasteiger partial charge on any atom is 0.216 e. The molecule has 0 rings (SSSR count). The van der Waals surface area contributed by atoms with E-state index in [-0.39, 0.29) is 11.8 Å². The SMILES string of the molecule is CC(=O)NCCOCCOCCN(C)CCOCCNC(C)=O. The summed E-state index contributed by atoms with van der Waals surface area (Å²) in [6.07, 6.45) is 0. The molecule has 0 radical (unpaired) electrons. The molecular weight excluding hydrogens is 302 g/mol. The van der Waals surface area contributed by atoms with Gasteiger partial charge in [-0.2, -0.15) is 0 Å². The molecule has 0 aromatic carbocycles. The lowest BCUT2D eigenvalue weighted by atomic mass is 10.5. The first-order valence-corrected chi connectivity index (χ1v) is 7.93. The van der Waals surface area contributed by atoms with Crippen molar-refractivity contribution < 1.29 is 23.8 Å². The lowest BCUT2D eigenvalue weighted by molar-refractivity contribution is -0.120. The molecule has 0 aliphatic rings. The fourth-order valence-electron chi connectivity index (χ4n) is 1.58. The molecule has 0 unspecified atom stereocenters. The van der Waals surface area contributed by atoms with Gasteiger partial charge in [0.2, 0.25) is 11.8 Å². The first-order valence-electron chi connectivity index (χ1n) is 7.93. The van der Waals surface area contributed by atoms with Gasteiger partial charge in [0.1, 0.15) is 0 Å². The zero-order chi connectivity index (χ0) is 17.3. The number of likely N-dealkylation sites (N-methyl/N-ethyl adjacent to an activating group) is 1. The molecule has 0 heterocycles. The zero-order valence-electron chi connectivity index (χ0n) is 14.6. The Bertz CT molecular complexity index is 315. The van der Waals surface area contributed by atoms with Crippen LogP contribution in [0.1, 0.15) is 13.8 Å². The van der Waals surface area contributed by atoms with Crippen LogP contribution in [0.15, 0.2) is 0 Å². The van der Waals surface area contributed by atoms with Gasteiger partial charge in [-0.1, -0.05) is 0 Å². The maximum atomic E-state index is 10.6. The van der Waals surface area contributed by atoms with Gasteiger partial charge in [0, 0.05) is 40.0 Å². The number of rotatable bonds is 15. The smallest absolute Gasteiger partial charge is 0.216 e. The molecule has 136 valence electrons. The highest BCUT2D eigenvalue weighted by atomic mass is 16.5. The number of nitrogens with zero attached hydrogens (tertiary/aromatic N) is 1. The van der Waals surface area contributed by atoms with E-state index in [9.17, 15) is 9.59 Å². The van der Waals surface area contributed by atoms with E-state index in [4.69, 9.17) is 14.2 Å². The highest BCUT2D eigenvalue weighted by molar-refractivity contribution is 5.73. The van der Waals surface area contributed by atoms with E-state index >= 15 is 0 Å². The van der Waals surface area contributed by atoms with Crippen molar-refractivity contribution in [2.75, 3.05) is 72.9 Å². The average Bonchev–Trinajstić information content (AvgIpc) is 2.48. The minimum Gasteiger partial charge on any atom is -0.378 e. The molecule has 2 N–H and O–H groups in total. The minimum atomic E-state index is -0.0491. The van der Waals surface area contributed by atoms with Crippen LogP contribution < -0.4 is 10.6 Å². The predicted molar refractivity (Wildman–Crippen MR) is 87.3 cm³/mol. The summed E-state index contributed by atoms with van der Waals surface area (Å²) in [5, 5.41) is 5.33. The highest BCUT2D eigenvalue weighted by Gasteiger charge is 1.99. The van der Waals surface area contributed by atoms with E-state index in [1.807, 2.05) is 7.05 Å². The summed E-state index contributed by atoms with van der Waals surface area (Å²) in [6, 6.07) is 0. The van der Waals surface area contributed by atoms with Crippen molar-refractivity contribution in [1.82, 2.24) is 15.5 Å². The molecule has 0 aliphatic carbocycles. The van der Waals surface area contributed by atoms with Crippen LogP contribution in [0.25, 0.3) is 0 Å². The Morgan fingerprint density at radius 1 is 0.739 bits per heavy atom. The third-order valence-electron chi connectivity index (χ3n) is 2.85. The zero-order valence-corrected chi connectivity index (χ0v) is 14.6. The third-order valence-corrected chi connectivity index (χ3v) is 2.85. The number of hydrogen-bond acceptors (Lipinski definition) is 6. The molecule has 0 aliphatic heterocycles. The summed E-state index contributed by atoms with van der Waals surface area (Å²) in [7, 11) is 2.00. The number of nitrogens with one attached hydrogen (secondary N) is 2. The largest absolute Gasteiger partial charge is 0.378 e. The van der Waals surface area contributed by atoms with Gasteiger partial charge < -0.3 is 29.7 Å². The molecule has 2 amide bonds. The number of amides is 2. The van der Waals surface area contributed by atoms with Crippen molar-refractivity contribution in [2.45, 2.75) is 13.8 Å². The van der Waals surface area contributed by atoms with Gasteiger partial charge in [0.05, 0.1) is 39.6 Å². The molecule has 0 spiro atoms. The van der Waals surface area contributed by atoms with Gasteiger partial charge in [-0.3, -0.25) is 9.59 Å². The first kappa shape index (κ1) is 21.8. The summed E-state index contributed by atoms with van der Waals surface area (Å²) in [4.78, 5) is 23.4. The van der Waals surface area contributed by atoms with Crippen LogP contribution in [0.5, 0.6) is 0 Å². The fraction of sp³-hybridized carbons (Fsp3) is 0.867. The molecular formula is C15H31N3O5. The van der Waals surface area contributed by atoms with Crippen LogP contribution >= 0.6 is 0 Å². The standard InChI is InChI=1S/C15H31N3O5/c1-14(19)16-4-8-21-10-6-18(3)7-11-23-13-12-22-9-5-17-15(2)20/h4-13H2,1-3H3,(H,16,19)(H,17,20). The molecule has 0 saturated heterocycles. The van der Waals surface area contributed by atoms with Gasteiger partial charge in [0.25, 0.3) is 0 Å². The summed E-state index contributed by atoms with van der Waals surface area (Å²) in [5.41, 5.74) is 0. The molecule has 0 saturated carbocycles. The molecule has 0 fully saturated rings. The van der Waals surface area contributed by atoms with Crippen LogP contribution in [-0.2, 0) is 23.8 Å². The van der Waals surface area contributed by atoms with Crippen molar-refractivity contribution in [3.05, 3.63) is 0 Å². The third kappa shape index (κ3) is 18.7. The Labute approximate surface area is 138 Å². The average molecular weight is 333 g/mol. The van der Waals surface area contributed by atoms with Crippen molar-refractivity contribution in [1.29, 1.82) is 0 Å². The molecule has 8 nitrogen and oxygen atoms in total. The van der Waals surface area contributed by atoms with Gasteiger partial charge in [0.15, 0.2) is 0 Å². The predicted octanol–water partition coefficient (Wildman–Crippen LogP) is -0.760. The Hall–Kier alpha value is -1.22. The van der Waals surface area contributed by atoms with E-state index in [0.29, 0.717) is 52.7 Å². The van der Waals surface area contributed by atoms with Crippen LogP contribution in [0, 0.1) is 0 Å². The van der Waals surface area contributed by atoms with Gasteiger partial charge in [-0.25, -0.2) is 0 Å². The van der Waals surface area contributed by atoms with Crippen molar-refractivity contribution in [2.24, 2.45) is 0 Å². The monoisotopic (exact) mass is 333 g/mol. The highest BCUT2D eigenvalue weighted by Crippen LogP contribution is 1.86. The maximum absolute atomic E-state index is 10.6. The topological polar surface area (TPSA) is 89.1 Å². The second-order valence-electron chi connectivity index (χ2n) is 5.11. The lowest BCUT2D eigenvalue weighted by Gasteiger charge is -2.16. The Balaban J connectivity index is 3.19. The second kappa shape index (κ2) is 15.7. The summed E-state index contributed by atoms with van der Waals surface area (Å²) >= 11 is 0. The van der Waals surface area contributed by atoms with Gasteiger partial charge >= 0.3 is 0 Å². The Morgan fingerprint density at radius 3 is 1.57 bits per heavy atom. The van der Waals surface area contributed by atoms with Crippen molar-refractivity contribution in [3.8, 4) is 0 Å². The molecule has 0 atom stereocenters. The molecule has 0 aromatic rings. The number of carbonyl (C=O) groups excluding carboxylic acids is 2. The Kier molecular flexibility index (Phi) is 14.8. The van der Waals surface area contributed by atoms with Gasteiger partial charge in [-0.15, -0.1) is 0 Å². The number of hydrogen-bond donors (Lipinski definition) is 2. The van der Waals surface area contributed by atoms with E-state index in [1.165, 1.54) is 13.8 Å². The normalized spacial score (nSPS) is 10.8.